The second-order valence-corrected chi connectivity index (χ2v) is 16.8. The van der Waals surface area contributed by atoms with Gasteiger partial charge in [-0.15, -0.1) is 0 Å². The van der Waals surface area contributed by atoms with E-state index in [1.165, 1.54) is 31.2 Å². The Balaban J connectivity index is 1.33. The van der Waals surface area contributed by atoms with Gasteiger partial charge < -0.3 is 10.6 Å². The number of anilines is 1. The van der Waals surface area contributed by atoms with Crippen LogP contribution < -0.4 is 10.6 Å². The lowest BCUT2D eigenvalue weighted by Gasteiger charge is -2.37. The Morgan fingerprint density at radius 3 is 2.14 bits per heavy atom. The largest absolute Gasteiger partial charge is 0.359 e. The second kappa shape index (κ2) is 16.0. The first-order valence-corrected chi connectivity index (χ1v) is 19.4. The zero-order valence-electron chi connectivity index (χ0n) is 29.5. The van der Waals surface area contributed by atoms with Crippen molar-refractivity contribution in [2.45, 2.75) is 71.6 Å². The molecule has 5 rings (SSSR count). The molecule has 1 aliphatic rings. The molecule has 0 heterocycles. The van der Waals surface area contributed by atoms with Crippen LogP contribution in [0.1, 0.15) is 90.9 Å². The van der Waals surface area contributed by atoms with Crippen molar-refractivity contribution in [1.82, 2.24) is 5.32 Å². The second-order valence-electron chi connectivity index (χ2n) is 14.8. The first-order chi connectivity index (χ1) is 23.7. The summed E-state index contributed by atoms with van der Waals surface area (Å²) >= 11 is 6.18. The third-order valence-corrected chi connectivity index (χ3v) is 11.1. The Morgan fingerprint density at radius 2 is 1.56 bits per heavy atom. The molecular weight excluding hydrogens is 664 g/mol. The van der Waals surface area contributed by atoms with Gasteiger partial charge in [0.25, 0.3) is 16.0 Å². The number of rotatable bonds is 12. The van der Waals surface area contributed by atoms with Gasteiger partial charge in [-0.1, -0.05) is 93.5 Å². The third kappa shape index (κ3) is 10.1. The quantitative estimate of drug-likeness (QED) is 0.127. The molecule has 0 saturated heterocycles. The van der Waals surface area contributed by atoms with Crippen molar-refractivity contribution in [2.24, 2.45) is 11.3 Å². The van der Waals surface area contributed by atoms with Crippen LogP contribution in [-0.2, 0) is 16.5 Å². The molecule has 4 aromatic carbocycles. The van der Waals surface area contributed by atoms with E-state index in [2.05, 4.69) is 93.4 Å². The molecule has 6 nitrogen and oxygen atoms in total. The molecule has 50 heavy (non-hydrogen) atoms. The number of carbonyl (C=O) groups excluding carboxylic acids is 1. The van der Waals surface area contributed by atoms with Gasteiger partial charge in [-0.25, -0.2) is 0 Å². The average Bonchev–Trinajstić information content (AvgIpc) is 3.07. The Labute approximate surface area is 303 Å². The van der Waals surface area contributed by atoms with Gasteiger partial charge in [-0.2, -0.15) is 8.42 Å². The van der Waals surface area contributed by atoms with E-state index in [0.717, 1.165) is 50.1 Å². The number of hydrogen-bond donors (Lipinski definition) is 3. The van der Waals surface area contributed by atoms with Crippen molar-refractivity contribution in [3.63, 3.8) is 0 Å². The first-order valence-electron chi connectivity index (χ1n) is 17.4. The summed E-state index contributed by atoms with van der Waals surface area (Å²) in [5.41, 5.74) is 9.55. The van der Waals surface area contributed by atoms with Crippen molar-refractivity contribution in [3.8, 4) is 11.1 Å². The number of halogens is 1. The lowest BCUT2D eigenvalue weighted by molar-refractivity contribution is 0.0956. The van der Waals surface area contributed by atoms with Crippen LogP contribution in [0.15, 0.2) is 103 Å². The van der Waals surface area contributed by atoms with Gasteiger partial charge in [-0.3, -0.25) is 9.35 Å². The summed E-state index contributed by atoms with van der Waals surface area (Å²) < 4.78 is 31.0. The fourth-order valence-corrected chi connectivity index (χ4v) is 7.70. The molecule has 3 N–H and O–H groups in total. The molecular formula is C42H49ClN2O4S. The maximum Gasteiger partial charge on any atom is 0.266 e. The average molecular weight is 713 g/mol. The highest BCUT2D eigenvalue weighted by Gasteiger charge is 2.30. The highest BCUT2D eigenvalue weighted by atomic mass is 35.5. The van der Waals surface area contributed by atoms with Crippen LogP contribution in [0, 0.1) is 18.3 Å². The van der Waals surface area contributed by atoms with Crippen molar-refractivity contribution < 1.29 is 17.8 Å². The molecule has 0 aliphatic heterocycles. The molecule has 0 radical (unpaired) electrons. The van der Waals surface area contributed by atoms with Crippen LogP contribution in [0.25, 0.3) is 11.1 Å². The number of aryl methyl sites for hydroxylation is 1. The van der Waals surface area contributed by atoms with Crippen LogP contribution in [0.5, 0.6) is 0 Å². The van der Waals surface area contributed by atoms with Gasteiger partial charge in [0.05, 0.1) is 5.75 Å². The van der Waals surface area contributed by atoms with Gasteiger partial charge in [0.15, 0.2) is 0 Å². The predicted octanol–water partition coefficient (Wildman–Crippen LogP) is 10.2. The van der Waals surface area contributed by atoms with Crippen LogP contribution in [0.4, 0.5) is 5.69 Å². The highest BCUT2D eigenvalue weighted by Crippen LogP contribution is 2.43. The Hall–Kier alpha value is -3.91. The third-order valence-electron chi connectivity index (χ3n) is 10.2. The summed E-state index contributed by atoms with van der Waals surface area (Å²) in [6, 6.07) is 30.6. The molecule has 0 unspecified atom stereocenters. The van der Waals surface area contributed by atoms with Crippen molar-refractivity contribution in [3.05, 3.63) is 136 Å². The Kier molecular flexibility index (Phi) is 11.9. The number of amides is 1. The standard InChI is InChI=1S/C42H49ClN2O4S/c1-28-26-37(43)20-23-39(28)33-16-21-38(22-17-33)45-29(2)40(27-30-6-8-35(9-7-30)41(46)44-24-25-50(47,48)49)34-12-10-31(11-13-34)32-14-18-36(19-15-32)42(3,4)5/h6-13,16-17,20-23,26,32,36,40,45H,2,14-15,18-19,24-25,27H2,1,3-5H3,(H,44,46)(H,47,48,49)/t32-,36+,40-/m0/s1. The molecule has 1 amide bonds. The molecule has 1 aliphatic carbocycles. The molecule has 0 aromatic heterocycles. The van der Waals surface area contributed by atoms with Gasteiger partial charge in [0.1, 0.15) is 0 Å². The van der Waals surface area contributed by atoms with Crippen LogP contribution in [0.2, 0.25) is 5.02 Å². The van der Waals surface area contributed by atoms with Crippen molar-refractivity contribution in [2.75, 3.05) is 17.6 Å². The van der Waals surface area contributed by atoms with Gasteiger partial charge in [0.2, 0.25) is 0 Å². The van der Waals surface area contributed by atoms with Gasteiger partial charge in [0, 0.05) is 34.4 Å². The zero-order valence-corrected chi connectivity index (χ0v) is 31.1. The van der Waals surface area contributed by atoms with E-state index in [4.69, 9.17) is 16.2 Å². The maximum absolute atomic E-state index is 12.6. The monoisotopic (exact) mass is 712 g/mol. The first kappa shape index (κ1) is 37.3. The van der Waals surface area contributed by atoms with Gasteiger partial charge >= 0.3 is 0 Å². The minimum Gasteiger partial charge on any atom is -0.359 e. The van der Waals surface area contributed by atoms with Crippen molar-refractivity contribution in [1.29, 1.82) is 0 Å². The lowest BCUT2D eigenvalue weighted by Crippen LogP contribution is -2.28. The summed E-state index contributed by atoms with van der Waals surface area (Å²) in [4.78, 5) is 12.6. The number of carbonyl (C=O) groups is 1. The summed E-state index contributed by atoms with van der Waals surface area (Å²) in [6.07, 6.45) is 5.64. The van der Waals surface area contributed by atoms with E-state index < -0.39 is 21.8 Å². The van der Waals surface area contributed by atoms with Crippen LogP contribution in [0.3, 0.4) is 0 Å². The number of nitrogens with one attached hydrogen (secondary N) is 2. The fourth-order valence-electron chi connectivity index (χ4n) is 7.12. The zero-order chi connectivity index (χ0) is 36.1. The molecule has 0 spiro atoms. The fraction of sp³-hybridized carbons (Fsp3) is 0.357. The minimum absolute atomic E-state index is 0.0479. The lowest BCUT2D eigenvalue weighted by atomic mass is 9.68. The van der Waals surface area contributed by atoms with Crippen molar-refractivity contribution >= 4 is 33.3 Å². The van der Waals surface area contributed by atoms with E-state index in [9.17, 15) is 13.2 Å². The molecule has 8 heteroatoms. The smallest absolute Gasteiger partial charge is 0.266 e. The SMILES string of the molecule is C=C(Nc1ccc(-c2ccc(Cl)cc2C)cc1)[C@H](Cc1ccc(C(=O)NCCS(=O)(=O)O)cc1)c1ccc([C@H]2CC[C@@H](C(C)(C)C)CC2)cc1. The number of allylic oxidation sites excluding steroid dienone is 1. The number of hydrogen-bond acceptors (Lipinski definition) is 4. The molecule has 1 atom stereocenters. The Morgan fingerprint density at radius 1 is 0.920 bits per heavy atom. The minimum atomic E-state index is -4.15. The highest BCUT2D eigenvalue weighted by molar-refractivity contribution is 7.85. The summed E-state index contributed by atoms with van der Waals surface area (Å²) in [5, 5.41) is 6.84. The van der Waals surface area contributed by atoms with Crippen LogP contribution >= 0.6 is 11.6 Å². The molecule has 1 fully saturated rings. The maximum atomic E-state index is 12.6. The summed E-state index contributed by atoms with van der Waals surface area (Å²) in [6.45, 7) is 13.5. The van der Waals surface area contributed by atoms with Crippen LogP contribution in [-0.4, -0.2) is 31.2 Å². The van der Waals surface area contributed by atoms with E-state index in [0.29, 0.717) is 23.3 Å². The summed E-state index contributed by atoms with van der Waals surface area (Å²) in [5.74, 6) is 0.380. The predicted molar refractivity (Wildman–Crippen MR) is 207 cm³/mol. The number of benzene rings is 4. The molecule has 264 valence electrons. The molecule has 4 aromatic rings. The summed E-state index contributed by atoms with van der Waals surface area (Å²) in [7, 11) is -4.15. The van der Waals surface area contributed by atoms with E-state index in [1.54, 1.807) is 12.1 Å². The van der Waals surface area contributed by atoms with E-state index in [-0.39, 0.29) is 12.5 Å². The molecule has 1 saturated carbocycles. The van der Waals surface area contributed by atoms with E-state index >= 15 is 0 Å². The van der Waals surface area contributed by atoms with E-state index in [1.807, 2.05) is 30.3 Å². The molecule has 0 bridgehead atoms. The van der Waals surface area contributed by atoms with Gasteiger partial charge in [-0.05, 0) is 126 Å². The Bertz CT molecular complexity index is 1890. The normalized spacial score (nSPS) is 17.2. The topological polar surface area (TPSA) is 95.5 Å².